The summed E-state index contributed by atoms with van der Waals surface area (Å²) in [5.74, 6) is 0. The molecular formula is NNiO2. The summed E-state index contributed by atoms with van der Waals surface area (Å²) >= 11 is 3.10. The van der Waals surface area contributed by atoms with E-state index in [1.54, 1.807) is 0 Å². The molecule has 0 saturated heterocycles. The predicted octanol–water partition coefficient (Wildman–Crippen LogP) is -0.275. The van der Waals surface area contributed by atoms with Gasteiger partial charge in [0.15, 0.2) is 0 Å². The second-order valence-electron chi connectivity index (χ2n) is 0.190. The summed E-state index contributed by atoms with van der Waals surface area (Å²) in [5.41, 5.74) is 0. The molecule has 0 saturated carbocycles. The topological polar surface area (TPSA) is 43.1 Å². The average molecular weight is 105 g/mol. The van der Waals surface area contributed by atoms with E-state index in [0.29, 0.717) is 0 Å². The Morgan fingerprint density at radius 1 is 2.00 bits per heavy atom. The molecule has 0 fully saturated rings. The second kappa shape index (κ2) is 1.24. The van der Waals surface area contributed by atoms with Gasteiger partial charge < -0.3 is 0 Å². The van der Waals surface area contributed by atoms with Crippen LogP contribution in [-0.2, 0) is 15.7 Å². The summed E-state index contributed by atoms with van der Waals surface area (Å²) < 4.78 is -0.875. The van der Waals surface area contributed by atoms with Crippen molar-refractivity contribution in [2.75, 3.05) is 0 Å². The number of hydrogen-bond acceptors (Lipinski definition) is 2. The Hall–Kier alpha value is -0.106. The van der Waals surface area contributed by atoms with Crippen molar-refractivity contribution in [1.29, 1.82) is 0 Å². The fraction of sp³-hybridized carbons (Fsp3) is 0. The van der Waals surface area contributed by atoms with Crippen molar-refractivity contribution >= 4 is 0 Å². The van der Waals surface area contributed by atoms with Gasteiger partial charge in [0.25, 0.3) is 0 Å². The van der Waals surface area contributed by atoms with Crippen LogP contribution < -0.4 is 0 Å². The summed E-state index contributed by atoms with van der Waals surface area (Å²) in [6, 6.07) is 0. The Labute approximate surface area is 30.7 Å². The van der Waals surface area contributed by atoms with E-state index in [0.717, 1.165) is 0 Å². The van der Waals surface area contributed by atoms with Crippen molar-refractivity contribution in [2.24, 2.45) is 0 Å². The first-order chi connectivity index (χ1) is 1.73. The predicted molar refractivity (Wildman–Crippen MR) is 6.99 cm³/mol. The Balaban J connectivity index is 2.80. The van der Waals surface area contributed by atoms with Crippen LogP contribution in [0.5, 0.6) is 0 Å². The van der Waals surface area contributed by atoms with Gasteiger partial charge in [-0.05, 0) is 0 Å². The van der Waals surface area contributed by atoms with Crippen LogP contribution in [-0.4, -0.2) is 4.00 Å². The molecule has 0 aliphatic heterocycles. The van der Waals surface area contributed by atoms with Crippen molar-refractivity contribution in [1.82, 2.24) is 0 Å². The minimum absolute atomic E-state index is 0.875. The molecule has 0 unspecified atom stereocenters. The molecule has 0 aliphatic rings. The van der Waals surface area contributed by atoms with Crippen molar-refractivity contribution in [3.63, 3.8) is 0 Å². The SMILES string of the molecule is O=[N+]([O-])[Ni]. The molecule has 0 radical (unpaired) electrons. The summed E-state index contributed by atoms with van der Waals surface area (Å²) in [6.07, 6.45) is 0. The van der Waals surface area contributed by atoms with Gasteiger partial charge in [0.2, 0.25) is 0 Å². The standard InChI is InChI=1S/NO2.Ni/c2-1-3;. The zero-order valence-corrected chi connectivity index (χ0v) is 2.57. The Bertz CT molecular complexity index is 29.0. The summed E-state index contributed by atoms with van der Waals surface area (Å²) in [6.45, 7) is 0. The first kappa shape index (κ1) is 3.89. The Kier molecular flexibility index (Phi) is 1.21. The van der Waals surface area contributed by atoms with Gasteiger partial charge in [0.05, 0.1) is 0 Å². The van der Waals surface area contributed by atoms with Crippen LogP contribution in [0.1, 0.15) is 0 Å². The fourth-order valence-corrected chi connectivity index (χ4v) is 0. The molecular weight excluding hydrogens is 105 g/mol. The molecule has 0 heterocycles. The van der Waals surface area contributed by atoms with Crippen molar-refractivity contribution in [2.45, 2.75) is 0 Å². The summed E-state index contributed by atoms with van der Waals surface area (Å²) in [5, 5.41) is 8.64. The van der Waals surface area contributed by atoms with Gasteiger partial charge in [-0.25, -0.2) is 0 Å². The number of rotatable bonds is 0. The van der Waals surface area contributed by atoms with Crippen LogP contribution in [0, 0.1) is 10.1 Å². The molecule has 0 aromatic heterocycles. The molecule has 4 heavy (non-hydrogen) atoms. The van der Waals surface area contributed by atoms with E-state index in [-0.39, 0.29) is 0 Å². The van der Waals surface area contributed by atoms with E-state index >= 15 is 0 Å². The molecule has 0 bridgehead atoms. The van der Waals surface area contributed by atoms with Crippen LogP contribution in [0.4, 0.5) is 0 Å². The molecule has 0 rings (SSSR count). The second-order valence-corrected chi connectivity index (χ2v) is 0.551. The Morgan fingerprint density at radius 2 is 2.00 bits per heavy atom. The van der Waals surface area contributed by atoms with Crippen LogP contribution in [0.2, 0.25) is 0 Å². The van der Waals surface area contributed by atoms with Crippen LogP contribution in [0.25, 0.3) is 0 Å². The number of nitrogens with zero attached hydrogens (tertiary/aromatic N) is 1. The zero-order chi connectivity index (χ0) is 3.58. The third kappa shape index (κ3) is 133. The van der Waals surface area contributed by atoms with Gasteiger partial charge in [-0.1, -0.05) is 0 Å². The fourth-order valence-electron chi connectivity index (χ4n) is 0. The van der Waals surface area contributed by atoms with E-state index < -0.39 is 4.00 Å². The first-order valence-electron chi connectivity index (χ1n) is 0.507. The van der Waals surface area contributed by atoms with Gasteiger partial charge in [0.1, 0.15) is 0 Å². The molecule has 0 aromatic carbocycles. The maximum atomic E-state index is 8.64. The van der Waals surface area contributed by atoms with Crippen LogP contribution >= 0.6 is 0 Å². The quantitative estimate of drug-likeness (QED) is 0.241. The van der Waals surface area contributed by atoms with Gasteiger partial charge in [0, 0.05) is 0 Å². The number of nitro groups is 1. The van der Waals surface area contributed by atoms with Crippen LogP contribution in [0.3, 0.4) is 0 Å². The molecule has 0 aliphatic carbocycles. The maximum absolute atomic E-state index is 8.64. The van der Waals surface area contributed by atoms with Crippen LogP contribution in [0.15, 0.2) is 0 Å². The normalized spacial score (nSPS) is 6.50. The molecule has 4 heteroatoms. The summed E-state index contributed by atoms with van der Waals surface area (Å²) in [7, 11) is 0. The van der Waals surface area contributed by atoms with Crippen molar-refractivity contribution in [3.05, 3.63) is 10.1 Å². The van der Waals surface area contributed by atoms with E-state index in [4.69, 9.17) is 10.1 Å². The molecule has 0 aromatic rings. The monoisotopic (exact) mass is 104 g/mol. The third-order valence-electron chi connectivity index (χ3n) is 0. The van der Waals surface area contributed by atoms with Gasteiger partial charge >= 0.3 is 29.8 Å². The molecule has 3 nitrogen and oxygen atoms in total. The van der Waals surface area contributed by atoms with E-state index in [1.165, 1.54) is 0 Å². The minimum atomic E-state index is -0.875. The third-order valence-corrected chi connectivity index (χ3v) is 0. The number of hydrogen-bond donors (Lipinski definition) is 0. The van der Waals surface area contributed by atoms with E-state index in [2.05, 4.69) is 15.7 Å². The van der Waals surface area contributed by atoms with E-state index in [9.17, 15) is 0 Å². The molecule has 0 amide bonds. The Morgan fingerprint density at radius 3 is 2.00 bits per heavy atom. The van der Waals surface area contributed by atoms with Crippen molar-refractivity contribution < 1.29 is 19.7 Å². The molecule has 0 N–H and O–H groups in total. The van der Waals surface area contributed by atoms with E-state index in [1.807, 2.05) is 0 Å². The summed E-state index contributed by atoms with van der Waals surface area (Å²) in [4.78, 5) is 8.64. The zero-order valence-electron chi connectivity index (χ0n) is 1.58. The van der Waals surface area contributed by atoms with Gasteiger partial charge in [-0.15, -0.1) is 0 Å². The van der Waals surface area contributed by atoms with Gasteiger partial charge in [-0.3, -0.25) is 0 Å². The van der Waals surface area contributed by atoms with Gasteiger partial charge in [-0.2, -0.15) is 0 Å². The molecule has 27 valence electrons. The molecule has 0 spiro atoms. The average Bonchev–Trinajstić information content (AvgIpc) is 0.811. The van der Waals surface area contributed by atoms with Crippen molar-refractivity contribution in [3.8, 4) is 0 Å². The first-order valence-corrected chi connectivity index (χ1v) is 0.948. The molecule has 0 atom stereocenters.